The molecule has 120 valence electrons. The van der Waals surface area contributed by atoms with Crippen LogP contribution >= 0.6 is 0 Å². The Labute approximate surface area is 127 Å². The number of piperazine rings is 1. The van der Waals surface area contributed by atoms with Gasteiger partial charge in [0.1, 0.15) is 12.1 Å². The van der Waals surface area contributed by atoms with Crippen molar-refractivity contribution in [2.24, 2.45) is 5.92 Å². The van der Waals surface area contributed by atoms with Gasteiger partial charge in [0.25, 0.3) is 0 Å². The summed E-state index contributed by atoms with van der Waals surface area (Å²) in [7, 11) is 0. The van der Waals surface area contributed by atoms with E-state index >= 15 is 0 Å². The molecule has 0 aliphatic carbocycles. The zero-order chi connectivity index (χ0) is 15.4. The maximum absolute atomic E-state index is 12.6. The van der Waals surface area contributed by atoms with E-state index in [2.05, 4.69) is 5.32 Å². The van der Waals surface area contributed by atoms with Crippen molar-refractivity contribution in [2.45, 2.75) is 71.1 Å². The Morgan fingerprint density at radius 2 is 2.10 bits per heavy atom. The molecule has 5 heteroatoms. The number of amides is 2. The number of carbonyl (C=O) groups excluding carboxylic acids is 2. The van der Waals surface area contributed by atoms with E-state index in [9.17, 15) is 9.59 Å². The van der Waals surface area contributed by atoms with Gasteiger partial charge in [-0.25, -0.2) is 0 Å². The van der Waals surface area contributed by atoms with Crippen molar-refractivity contribution in [3.63, 3.8) is 0 Å². The molecule has 2 heterocycles. The van der Waals surface area contributed by atoms with Crippen molar-refractivity contribution in [2.75, 3.05) is 13.2 Å². The minimum Gasteiger partial charge on any atom is -0.378 e. The second kappa shape index (κ2) is 7.25. The first kappa shape index (κ1) is 16.3. The highest BCUT2D eigenvalue weighted by atomic mass is 16.5. The van der Waals surface area contributed by atoms with Crippen LogP contribution in [0.2, 0.25) is 0 Å². The molecule has 5 nitrogen and oxygen atoms in total. The largest absolute Gasteiger partial charge is 0.378 e. The Morgan fingerprint density at radius 1 is 1.33 bits per heavy atom. The molecule has 0 spiro atoms. The molecule has 0 saturated carbocycles. The van der Waals surface area contributed by atoms with Gasteiger partial charge in [0.15, 0.2) is 0 Å². The molecule has 2 aliphatic heterocycles. The standard InChI is InChI=1S/C16H28N2O3/c1-4-13-16(20)18(14(11(2)3)15(19)17-13)9-8-12-7-5-6-10-21-12/h11-14H,4-10H2,1-3H3,(H,17,19). The number of hydrogen-bond donors (Lipinski definition) is 1. The summed E-state index contributed by atoms with van der Waals surface area (Å²) in [6.07, 6.45) is 5.12. The number of nitrogens with one attached hydrogen (secondary N) is 1. The molecule has 0 aromatic carbocycles. The van der Waals surface area contributed by atoms with E-state index in [0.29, 0.717) is 13.0 Å². The van der Waals surface area contributed by atoms with Gasteiger partial charge in [-0.05, 0) is 38.0 Å². The molecule has 2 saturated heterocycles. The van der Waals surface area contributed by atoms with Crippen LogP contribution in [-0.2, 0) is 14.3 Å². The number of carbonyl (C=O) groups is 2. The van der Waals surface area contributed by atoms with Crippen LogP contribution in [0.25, 0.3) is 0 Å². The summed E-state index contributed by atoms with van der Waals surface area (Å²) < 4.78 is 5.74. The van der Waals surface area contributed by atoms with E-state index in [4.69, 9.17) is 4.74 Å². The van der Waals surface area contributed by atoms with Gasteiger partial charge in [-0.2, -0.15) is 0 Å². The quantitative estimate of drug-likeness (QED) is 0.840. The lowest BCUT2D eigenvalue weighted by atomic mass is 9.95. The third kappa shape index (κ3) is 3.76. The second-order valence-corrected chi connectivity index (χ2v) is 6.47. The molecule has 21 heavy (non-hydrogen) atoms. The van der Waals surface area contributed by atoms with Crippen molar-refractivity contribution in [1.82, 2.24) is 10.2 Å². The lowest BCUT2D eigenvalue weighted by Crippen LogP contribution is -2.64. The molecular weight excluding hydrogens is 268 g/mol. The van der Waals surface area contributed by atoms with Crippen LogP contribution in [0, 0.1) is 5.92 Å². The van der Waals surface area contributed by atoms with Gasteiger partial charge < -0.3 is 15.0 Å². The van der Waals surface area contributed by atoms with E-state index in [-0.39, 0.29) is 35.9 Å². The summed E-state index contributed by atoms with van der Waals surface area (Å²) in [5.41, 5.74) is 0. The van der Waals surface area contributed by atoms with Crippen molar-refractivity contribution in [3.05, 3.63) is 0 Å². The van der Waals surface area contributed by atoms with Crippen molar-refractivity contribution < 1.29 is 14.3 Å². The van der Waals surface area contributed by atoms with Crippen LogP contribution in [0.15, 0.2) is 0 Å². The minimum absolute atomic E-state index is 0.0130. The van der Waals surface area contributed by atoms with Crippen LogP contribution in [0.5, 0.6) is 0 Å². The van der Waals surface area contributed by atoms with Crippen LogP contribution in [0.1, 0.15) is 52.9 Å². The lowest BCUT2D eigenvalue weighted by Gasteiger charge is -2.41. The Kier molecular flexibility index (Phi) is 5.62. The van der Waals surface area contributed by atoms with E-state index in [1.54, 1.807) is 4.90 Å². The fraction of sp³-hybridized carbons (Fsp3) is 0.875. The molecular formula is C16H28N2O3. The Hall–Kier alpha value is -1.10. The predicted octanol–water partition coefficient (Wildman–Crippen LogP) is 1.71. The van der Waals surface area contributed by atoms with Crippen molar-refractivity contribution >= 4 is 11.8 Å². The van der Waals surface area contributed by atoms with E-state index in [1.807, 2.05) is 20.8 Å². The first-order chi connectivity index (χ1) is 10.0. The summed E-state index contributed by atoms with van der Waals surface area (Å²) in [6, 6.07) is -0.705. The summed E-state index contributed by atoms with van der Waals surface area (Å²) >= 11 is 0. The fourth-order valence-corrected chi connectivity index (χ4v) is 3.30. The molecule has 0 aromatic rings. The number of nitrogens with zero attached hydrogens (tertiary/aromatic N) is 1. The van der Waals surface area contributed by atoms with E-state index in [1.165, 1.54) is 6.42 Å². The molecule has 2 fully saturated rings. The SMILES string of the molecule is CCC1NC(=O)C(C(C)C)N(CCC2CCCCO2)C1=O. The van der Waals surface area contributed by atoms with Gasteiger partial charge in [-0.3, -0.25) is 9.59 Å². The number of hydrogen-bond acceptors (Lipinski definition) is 3. The second-order valence-electron chi connectivity index (χ2n) is 6.47. The van der Waals surface area contributed by atoms with Crippen molar-refractivity contribution in [3.8, 4) is 0 Å². The summed E-state index contributed by atoms with van der Waals surface area (Å²) in [5.74, 6) is 0.173. The zero-order valence-electron chi connectivity index (χ0n) is 13.4. The Morgan fingerprint density at radius 3 is 2.67 bits per heavy atom. The molecule has 0 radical (unpaired) electrons. The Bertz CT molecular complexity index is 378. The molecule has 2 aliphatic rings. The van der Waals surface area contributed by atoms with Gasteiger partial charge in [-0.1, -0.05) is 20.8 Å². The average molecular weight is 296 g/mol. The number of ether oxygens (including phenoxy) is 1. The fourth-order valence-electron chi connectivity index (χ4n) is 3.30. The average Bonchev–Trinajstić information content (AvgIpc) is 2.48. The summed E-state index contributed by atoms with van der Waals surface area (Å²) in [5, 5.41) is 2.85. The molecule has 3 unspecified atom stereocenters. The third-order valence-corrected chi connectivity index (χ3v) is 4.51. The maximum Gasteiger partial charge on any atom is 0.245 e. The van der Waals surface area contributed by atoms with Gasteiger partial charge in [0.05, 0.1) is 6.10 Å². The maximum atomic E-state index is 12.6. The van der Waals surface area contributed by atoms with Gasteiger partial charge in [0.2, 0.25) is 11.8 Å². The molecule has 2 amide bonds. The van der Waals surface area contributed by atoms with Gasteiger partial charge in [0, 0.05) is 13.2 Å². The van der Waals surface area contributed by atoms with Crippen LogP contribution in [0.3, 0.4) is 0 Å². The topological polar surface area (TPSA) is 58.6 Å². The van der Waals surface area contributed by atoms with Crippen LogP contribution < -0.4 is 5.32 Å². The van der Waals surface area contributed by atoms with E-state index in [0.717, 1.165) is 25.9 Å². The summed E-state index contributed by atoms with van der Waals surface area (Å²) in [4.78, 5) is 26.6. The smallest absolute Gasteiger partial charge is 0.245 e. The molecule has 3 atom stereocenters. The van der Waals surface area contributed by atoms with Crippen LogP contribution in [-0.4, -0.2) is 48.1 Å². The predicted molar refractivity (Wildman–Crippen MR) is 80.8 cm³/mol. The molecule has 0 bridgehead atoms. The highest BCUT2D eigenvalue weighted by molar-refractivity contribution is 5.97. The van der Waals surface area contributed by atoms with E-state index < -0.39 is 0 Å². The normalized spacial score (nSPS) is 30.7. The molecule has 2 rings (SSSR count). The number of rotatable bonds is 5. The van der Waals surface area contributed by atoms with Gasteiger partial charge >= 0.3 is 0 Å². The van der Waals surface area contributed by atoms with Crippen LogP contribution in [0.4, 0.5) is 0 Å². The highest BCUT2D eigenvalue weighted by Gasteiger charge is 2.41. The minimum atomic E-state index is -0.361. The lowest BCUT2D eigenvalue weighted by molar-refractivity contribution is -0.151. The molecule has 0 aromatic heterocycles. The Balaban J connectivity index is 2.02. The summed E-state index contributed by atoms with van der Waals surface area (Å²) in [6.45, 7) is 7.36. The zero-order valence-corrected chi connectivity index (χ0v) is 13.4. The third-order valence-electron chi connectivity index (χ3n) is 4.51. The first-order valence-corrected chi connectivity index (χ1v) is 8.27. The van der Waals surface area contributed by atoms with Crippen molar-refractivity contribution in [1.29, 1.82) is 0 Å². The molecule has 1 N–H and O–H groups in total. The van der Waals surface area contributed by atoms with Gasteiger partial charge in [-0.15, -0.1) is 0 Å². The monoisotopic (exact) mass is 296 g/mol. The first-order valence-electron chi connectivity index (χ1n) is 8.27. The highest BCUT2D eigenvalue weighted by Crippen LogP contribution is 2.22.